The molecule has 0 bridgehead atoms. The first-order chi connectivity index (χ1) is 8.20. The summed E-state index contributed by atoms with van der Waals surface area (Å²) in [6, 6.07) is 2.44. The molecule has 0 amide bonds. The van der Waals surface area contributed by atoms with Gasteiger partial charge in [-0.1, -0.05) is 43.0 Å². The van der Waals surface area contributed by atoms with Gasteiger partial charge in [-0.25, -0.2) is 4.98 Å². The molecule has 1 saturated carbocycles. The summed E-state index contributed by atoms with van der Waals surface area (Å²) in [4.78, 5) is 6.60. The summed E-state index contributed by atoms with van der Waals surface area (Å²) in [5, 5.41) is 1.18. The number of hydrogen-bond donors (Lipinski definition) is 0. The van der Waals surface area contributed by atoms with Crippen LogP contribution in [0.3, 0.4) is 0 Å². The largest absolute Gasteiger partial charge is 0.296 e. The molecule has 1 aliphatic rings. The van der Waals surface area contributed by atoms with E-state index in [9.17, 15) is 0 Å². The van der Waals surface area contributed by atoms with E-state index >= 15 is 0 Å². The molecule has 0 radical (unpaired) electrons. The van der Waals surface area contributed by atoms with Crippen molar-refractivity contribution in [2.24, 2.45) is 0 Å². The highest BCUT2D eigenvalue weighted by Gasteiger charge is 2.21. The normalized spacial score (nSPS) is 16.9. The highest BCUT2D eigenvalue weighted by Crippen LogP contribution is 2.26. The van der Waals surface area contributed by atoms with Crippen LogP contribution in [0.2, 0.25) is 10.2 Å². The Labute approximate surface area is 113 Å². The van der Waals surface area contributed by atoms with E-state index in [1.165, 1.54) is 25.7 Å². The maximum atomic E-state index is 6.19. The monoisotopic (exact) mass is 272 g/mol. The van der Waals surface area contributed by atoms with Gasteiger partial charge in [-0.2, -0.15) is 0 Å². The van der Waals surface area contributed by atoms with Gasteiger partial charge in [0.2, 0.25) is 0 Å². The van der Waals surface area contributed by atoms with Crippen LogP contribution < -0.4 is 0 Å². The summed E-state index contributed by atoms with van der Waals surface area (Å²) in [5.41, 5.74) is 1.07. The number of aromatic nitrogens is 1. The standard InChI is InChI=1S/C13H18Cl2N2/c1-2-17(11-5-3-4-6-11)9-10-8-16-13(15)7-12(10)14/h7-8,11H,2-6,9H2,1H3. The van der Waals surface area contributed by atoms with Crippen LogP contribution in [0, 0.1) is 0 Å². The summed E-state index contributed by atoms with van der Waals surface area (Å²) >= 11 is 12.0. The van der Waals surface area contributed by atoms with Gasteiger partial charge in [0.15, 0.2) is 0 Å². The fourth-order valence-electron chi connectivity index (χ4n) is 2.54. The van der Waals surface area contributed by atoms with E-state index in [0.717, 1.165) is 23.7 Å². The summed E-state index contributed by atoms with van der Waals surface area (Å²) in [5.74, 6) is 0. The van der Waals surface area contributed by atoms with Gasteiger partial charge in [-0.05, 0) is 25.5 Å². The quantitative estimate of drug-likeness (QED) is 0.766. The van der Waals surface area contributed by atoms with Gasteiger partial charge in [-0.3, -0.25) is 4.90 Å². The second-order valence-electron chi connectivity index (χ2n) is 4.60. The maximum Gasteiger partial charge on any atom is 0.130 e. The third-order valence-corrected chi connectivity index (χ3v) is 4.08. The van der Waals surface area contributed by atoms with Crippen LogP contribution in [0.5, 0.6) is 0 Å². The van der Waals surface area contributed by atoms with Crippen molar-refractivity contribution in [1.82, 2.24) is 9.88 Å². The molecule has 1 fully saturated rings. The predicted molar refractivity (Wildman–Crippen MR) is 72.6 cm³/mol. The fraction of sp³-hybridized carbons (Fsp3) is 0.615. The number of hydrogen-bond acceptors (Lipinski definition) is 2. The van der Waals surface area contributed by atoms with E-state index < -0.39 is 0 Å². The van der Waals surface area contributed by atoms with Crippen LogP contribution in [0.15, 0.2) is 12.3 Å². The lowest BCUT2D eigenvalue weighted by molar-refractivity contribution is 0.200. The van der Waals surface area contributed by atoms with E-state index in [4.69, 9.17) is 23.2 Å². The topological polar surface area (TPSA) is 16.1 Å². The Bertz CT molecular complexity index is 376. The molecule has 2 rings (SSSR count). The van der Waals surface area contributed by atoms with E-state index in [1.54, 1.807) is 12.3 Å². The van der Waals surface area contributed by atoms with Gasteiger partial charge in [0, 0.05) is 29.4 Å². The molecule has 17 heavy (non-hydrogen) atoms. The van der Waals surface area contributed by atoms with Crippen molar-refractivity contribution >= 4 is 23.2 Å². The highest BCUT2D eigenvalue weighted by molar-refractivity contribution is 6.34. The van der Waals surface area contributed by atoms with Crippen molar-refractivity contribution in [3.05, 3.63) is 28.0 Å². The van der Waals surface area contributed by atoms with Crippen molar-refractivity contribution < 1.29 is 0 Å². The van der Waals surface area contributed by atoms with Crippen molar-refractivity contribution in [1.29, 1.82) is 0 Å². The molecule has 0 aromatic carbocycles. The zero-order valence-electron chi connectivity index (χ0n) is 10.1. The minimum Gasteiger partial charge on any atom is -0.296 e. The second kappa shape index (κ2) is 6.03. The molecular weight excluding hydrogens is 255 g/mol. The van der Waals surface area contributed by atoms with Crippen molar-refractivity contribution in [3.8, 4) is 0 Å². The van der Waals surface area contributed by atoms with Crippen molar-refractivity contribution in [3.63, 3.8) is 0 Å². The second-order valence-corrected chi connectivity index (χ2v) is 5.39. The average Bonchev–Trinajstić information content (AvgIpc) is 2.81. The van der Waals surface area contributed by atoms with Crippen LogP contribution in [0.4, 0.5) is 0 Å². The predicted octanol–water partition coefficient (Wildman–Crippen LogP) is 4.15. The Morgan fingerprint density at radius 3 is 2.65 bits per heavy atom. The van der Waals surface area contributed by atoms with Crippen LogP contribution in [0.1, 0.15) is 38.2 Å². The van der Waals surface area contributed by atoms with E-state index in [1.807, 2.05) is 0 Å². The molecule has 0 spiro atoms. The van der Waals surface area contributed by atoms with Crippen LogP contribution in [-0.2, 0) is 6.54 Å². The molecule has 0 N–H and O–H groups in total. The summed E-state index contributed by atoms with van der Waals surface area (Å²) in [7, 11) is 0. The smallest absolute Gasteiger partial charge is 0.130 e. The first-order valence-electron chi connectivity index (χ1n) is 6.24. The third kappa shape index (κ3) is 3.34. The zero-order valence-corrected chi connectivity index (χ0v) is 11.6. The van der Waals surface area contributed by atoms with Crippen molar-refractivity contribution in [2.45, 2.75) is 45.2 Å². The zero-order chi connectivity index (χ0) is 12.3. The van der Waals surface area contributed by atoms with Crippen LogP contribution in [-0.4, -0.2) is 22.5 Å². The molecular formula is C13H18Cl2N2. The molecule has 1 aromatic rings. The molecule has 94 valence electrons. The molecule has 1 aromatic heterocycles. The Hall–Kier alpha value is -0.310. The Morgan fingerprint density at radius 1 is 1.35 bits per heavy atom. The summed E-state index contributed by atoms with van der Waals surface area (Å²) in [6.07, 6.45) is 7.13. The fourth-order valence-corrected chi connectivity index (χ4v) is 2.97. The summed E-state index contributed by atoms with van der Waals surface area (Å²) in [6.45, 7) is 4.14. The lowest BCUT2D eigenvalue weighted by Crippen LogP contribution is -2.32. The minimum atomic E-state index is 0.461. The van der Waals surface area contributed by atoms with Crippen molar-refractivity contribution in [2.75, 3.05) is 6.54 Å². The molecule has 4 heteroatoms. The first kappa shape index (κ1) is 13.1. The van der Waals surface area contributed by atoms with Gasteiger partial charge in [0.1, 0.15) is 5.15 Å². The molecule has 1 aliphatic carbocycles. The Balaban J connectivity index is 2.06. The SMILES string of the molecule is CCN(Cc1cnc(Cl)cc1Cl)C1CCCC1. The summed E-state index contributed by atoms with van der Waals surface area (Å²) < 4.78 is 0. The van der Waals surface area contributed by atoms with Gasteiger partial charge in [0.05, 0.1) is 0 Å². The van der Waals surface area contributed by atoms with E-state index in [2.05, 4.69) is 16.8 Å². The molecule has 2 nitrogen and oxygen atoms in total. The van der Waals surface area contributed by atoms with E-state index in [-0.39, 0.29) is 0 Å². The Morgan fingerprint density at radius 2 is 2.06 bits per heavy atom. The number of rotatable bonds is 4. The Kier molecular flexibility index (Phi) is 4.66. The molecule has 0 unspecified atom stereocenters. The maximum absolute atomic E-state index is 6.19. The lowest BCUT2D eigenvalue weighted by Gasteiger charge is -2.27. The van der Waals surface area contributed by atoms with Gasteiger partial charge < -0.3 is 0 Å². The van der Waals surface area contributed by atoms with Gasteiger partial charge >= 0.3 is 0 Å². The number of pyridine rings is 1. The minimum absolute atomic E-state index is 0.461. The van der Waals surface area contributed by atoms with Crippen LogP contribution >= 0.6 is 23.2 Å². The molecule has 1 heterocycles. The van der Waals surface area contributed by atoms with E-state index in [0.29, 0.717) is 11.2 Å². The molecule has 0 saturated heterocycles. The lowest BCUT2D eigenvalue weighted by atomic mass is 10.2. The van der Waals surface area contributed by atoms with Gasteiger partial charge in [-0.15, -0.1) is 0 Å². The van der Waals surface area contributed by atoms with Gasteiger partial charge in [0.25, 0.3) is 0 Å². The number of halogens is 2. The average molecular weight is 273 g/mol. The third-order valence-electron chi connectivity index (χ3n) is 3.52. The van der Waals surface area contributed by atoms with Crippen LogP contribution in [0.25, 0.3) is 0 Å². The first-order valence-corrected chi connectivity index (χ1v) is 7.00. The highest BCUT2D eigenvalue weighted by atomic mass is 35.5. The molecule has 0 aliphatic heterocycles. The number of nitrogens with zero attached hydrogens (tertiary/aromatic N) is 2. The molecule has 0 atom stereocenters.